The molecule has 7 nitrogen and oxygen atoms in total. The van der Waals surface area contributed by atoms with Crippen LogP contribution >= 0.6 is 0 Å². The van der Waals surface area contributed by atoms with Gasteiger partial charge in [-0.3, -0.25) is 9.59 Å². The van der Waals surface area contributed by atoms with E-state index in [0.29, 0.717) is 34.9 Å². The molecule has 7 heteroatoms. The van der Waals surface area contributed by atoms with E-state index in [9.17, 15) is 9.59 Å². The van der Waals surface area contributed by atoms with Gasteiger partial charge in [0, 0.05) is 35.6 Å². The van der Waals surface area contributed by atoms with Crippen LogP contribution < -0.4 is 25.4 Å². The highest BCUT2D eigenvalue weighted by atomic mass is 16.5. The first-order valence-corrected chi connectivity index (χ1v) is 8.92. The van der Waals surface area contributed by atoms with Crippen molar-refractivity contribution in [2.24, 2.45) is 0 Å². The van der Waals surface area contributed by atoms with Gasteiger partial charge in [0.1, 0.15) is 0 Å². The minimum Gasteiger partial charge on any atom is -0.493 e. The summed E-state index contributed by atoms with van der Waals surface area (Å²) in [5.74, 6) is 0.818. The molecule has 2 amide bonds. The van der Waals surface area contributed by atoms with Crippen LogP contribution in [0.1, 0.15) is 25.8 Å². The largest absolute Gasteiger partial charge is 0.493 e. The maximum absolute atomic E-state index is 12.7. The summed E-state index contributed by atoms with van der Waals surface area (Å²) >= 11 is 0. The van der Waals surface area contributed by atoms with Crippen LogP contribution in [-0.4, -0.2) is 26.0 Å². The van der Waals surface area contributed by atoms with Crippen molar-refractivity contribution < 1.29 is 19.1 Å². The normalized spacial score (nSPS) is 14.1. The lowest BCUT2D eigenvalue weighted by molar-refractivity contribution is -0.114. The van der Waals surface area contributed by atoms with Gasteiger partial charge in [-0.2, -0.15) is 0 Å². The van der Waals surface area contributed by atoms with Crippen LogP contribution in [0, 0.1) is 0 Å². The molecule has 0 bridgehead atoms. The summed E-state index contributed by atoms with van der Waals surface area (Å²) in [5.41, 5.74) is 4.35. The summed E-state index contributed by atoms with van der Waals surface area (Å²) < 4.78 is 10.7. The molecular formula is C21H23N3O4. The summed E-state index contributed by atoms with van der Waals surface area (Å²) in [5, 5.41) is 8.94. The SMILES string of the molecule is CCC(Nc1ccc(NC(C)=O)cc1)=C1C(=O)Nc2cc(OC)c(OC)cc21. The number of amides is 2. The number of carbonyl (C=O) groups excluding carboxylic acids is 2. The number of anilines is 3. The quantitative estimate of drug-likeness (QED) is 0.662. The Balaban J connectivity index is 1.97. The van der Waals surface area contributed by atoms with Crippen molar-refractivity contribution in [2.75, 3.05) is 30.2 Å². The molecule has 3 N–H and O–H groups in total. The number of ether oxygens (including phenoxy) is 2. The Hall–Kier alpha value is -3.48. The van der Waals surface area contributed by atoms with Crippen LogP contribution in [0.3, 0.4) is 0 Å². The lowest BCUT2D eigenvalue weighted by Crippen LogP contribution is -2.10. The Morgan fingerprint density at radius 1 is 1.00 bits per heavy atom. The van der Waals surface area contributed by atoms with Crippen molar-refractivity contribution in [3.8, 4) is 11.5 Å². The van der Waals surface area contributed by atoms with Gasteiger partial charge in [-0.25, -0.2) is 0 Å². The molecule has 0 saturated carbocycles. The highest BCUT2D eigenvalue weighted by molar-refractivity contribution is 6.32. The molecule has 0 radical (unpaired) electrons. The Morgan fingerprint density at radius 3 is 2.11 bits per heavy atom. The number of hydrogen-bond donors (Lipinski definition) is 3. The lowest BCUT2D eigenvalue weighted by Gasteiger charge is -2.14. The molecule has 0 aromatic heterocycles. The Labute approximate surface area is 163 Å². The van der Waals surface area contributed by atoms with Crippen molar-refractivity contribution in [3.63, 3.8) is 0 Å². The zero-order valence-electron chi connectivity index (χ0n) is 16.3. The third-order valence-electron chi connectivity index (χ3n) is 4.42. The predicted molar refractivity (Wildman–Crippen MR) is 110 cm³/mol. The van der Waals surface area contributed by atoms with Gasteiger partial charge in [-0.15, -0.1) is 0 Å². The Morgan fingerprint density at radius 2 is 1.57 bits per heavy atom. The average Bonchev–Trinajstić information content (AvgIpc) is 3.00. The van der Waals surface area contributed by atoms with E-state index in [-0.39, 0.29) is 11.8 Å². The van der Waals surface area contributed by atoms with E-state index < -0.39 is 0 Å². The van der Waals surface area contributed by atoms with Gasteiger partial charge in [0.15, 0.2) is 11.5 Å². The molecule has 0 saturated heterocycles. The second-order valence-corrected chi connectivity index (χ2v) is 6.30. The minimum absolute atomic E-state index is 0.124. The summed E-state index contributed by atoms with van der Waals surface area (Å²) in [6.07, 6.45) is 0.629. The number of methoxy groups -OCH3 is 2. The van der Waals surface area contributed by atoms with E-state index in [1.807, 2.05) is 19.1 Å². The molecule has 0 atom stereocenters. The first kappa shape index (κ1) is 19.3. The van der Waals surface area contributed by atoms with Crippen LogP contribution in [0.25, 0.3) is 5.57 Å². The smallest absolute Gasteiger partial charge is 0.258 e. The van der Waals surface area contributed by atoms with E-state index >= 15 is 0 Å². The molecule has 0 unspecified atom stereocenters. The van der Waals surface area contributed by atoms with E-state index in [2.05, 4.69) is 16.0 Å². The van der Waals surface area contributed by atoms with Gasteiger partial charge >= 0.3 is 0 Å². The fourth-order valence-electron chi connectivity index (χ4n) is 3.14. The molecule has 0 spiro atoms. The molecule has 1 heterocycles. The third-order valence-corrected chi connectivity index (χ3v) is 4.42. The zero-order chi connectivity index (χ0) is 20.3. The summed E-state index contributed by atoms with van der Waals surface area (Å²) in [4.78, 5) is 23.8. The highest BCUT2D eigenvalue weighted by Crippen LogP contribution is 2.42. The first-order chi connectivity index (χ1) is 13.5. The maximum atomic E-state index is 12.7. The molecule has 0 aliphatic carbocycles. The number of rotatable bonds is 6. The van der Waals surface area contributed by atoms with Crippen LogP contribution in [0.5, 0.6) is 11.5 Å². The van der Waals surface area contributed by atoms with Crippen molar-refractivity contribution in [2.45, 2.75) is 20.3 Å². The van der Waals surface area contributed by atoms with Crippen LogP contribution in [0.4, 0.5) is 17.1 Å². The maximum Gasteiger partial charge on any atom is 0.258 e. The number of hydrogen-bond acceptors (Lipinski definition) is 5. The highest BCUT2D eigenvalue weighted by Gasteiger charge is 2.29. The van der Waals surface area contributed by atoms with E-state index in [0.717, 1.165) is 16.9 Å². The van der Waals surface area contributed by atoms with Crippen molar-refractivity contribution in [1.29, 1.82) is 0 Å². The molecule has 2 aromatic rings. The standard InChI is InChI=1S/C21H23N3O4/c1-5-16(23-14-8-6-13(7-9-14)22-12(2)25)20-15-10-18(27-3)19(28-4)11-17(15)24-21(20)26/h6-11,23H,5H2,1-4H3,(H,22,25)(H,24,26). The number of fused-ring (bicyclic) bond motifs is 1. The molecule has 3 rings (SSSR count). The van der Waals surface area contributed by atoms with E-state index in [1.165, 1.54) is 6.92 Å². The van der Waals surface area contributed by atoms with Gasteiger partial charge in [0.05, 0.1) is 25.5 Å². The minimum atomic E-state index is -0.176. The number of allylic oxidation sites excluding steroid dienone is 1. The van der Waals surface area contributed by atoms with Crippen molar-refractivity contribution >= 4 is 34.4 Å². The monoisotopic (exact) mass is 381 g/mol. The molecule has 1 aliphatic heterocycles. The Bertz CT molecular complexity index is 949. The second-order valence-electron chi connectivity index (χ2n) is 6.30. The Kier molecular flexibility index (Phi) is 5.54. The van der Waals surface area contributed by atoms with Gasteiger partial charge in [-0.05, 0) is 36.8 Å². The van der Waals surface area contributed by atoms with Gasteiger partial charge in [0.2, 0.25) is 5.91 Å². The average molecular weight is 381 g/mol. The number of benzene rings is 2. The molecule has 0 fully saturated rings. The van der Waals surface area contributed by atoms with Crippen LogP contribution in [-0.2, 0) is 9.59 Å². The van der Waals surface area contributed by atoms with Gasteiger partial charge < -0.3 is 25.4 Å². The zero-order valence-corrected chi connectivity index (χ0v) is 16.3. The summed E-state index contributed by atoms with van der Waals surface area (Å²) in [7, 11) is 3.12. The van der Waals surface area contributed by atoms with Gasteiger partial charge in [-0.1, -0.05) is 6.92 Å². The molecule has 146 valence electrons. The first-order valence-electron chi connectivity index (χ1n) is 8.92. The molecule has 1 aliphatic rings. The summed E-state index contributed by atoms with van der Waals surface area (Å²) in [6, 6.07) is 10.9. The van der Waals surface area contributed by atoms with Crippen LogP contribution in [0.2, 0.25) is 0 Å². The molecular weight excluding hydrogens is 358 g/mol. The number of carbonyl (C=O) groups is 2. The molecule has 28 heavy (non-hydrogen) atoms. The number of nitrogens with one attached hydrogen (secondary N) is 3. The second kappa shape index (κ2) is 8.04. The fraction of sp³-hybridized carbons (Fsp3) is 0.238. The fourth-order valence-corrected chi connectivity index (χ4v) is 3.14. The van der Waals surface area contributed by atoms with E-state index in [1.54, 1.807) is 38.5 Å². The van der Waals surface area contributed by atoms with Crippen LogP contribution in [0.15, 0.2) is 42.1 Å². The van der Waals surface area contributed by atoms with Gasteiger partial charge in [0.25, 0.3) is 5.91 Å². The molecule has 2 aromatic carbocycles. The van der Waals surface area contributed by atoms with Crippen molar-refractivity contribution in [3.05, 3.63) is 47.7 Å². The van der Waals surface area contributed by atoms with Crippen molar-refractivity contribution in [1.82, 2.24) is 0 Å². The summed E-state index contributed by atoms with van der Waals surface area (Å²) in [6.45, 7) is 3.44. The van der Waals surface area contributed by atoms with E-state index in [4.69, 9.17) is 9.47 Å². The third kappa shape index (κ3) is 3.78. The topological polar surface area (TPSA) is 88.7 Å². The predicted octanol–water partition coefficient (Wildman–Crippen LogP) is 3.85. The lowest BCUT2D eigenvalue weighted by atomic mass is 10.0.